The molecule has 3 aromatic rings. The molecule has 0 aliphatic rings. The minimum absolute atomic E-state index is 0.160. The third-order valence-corrected chi connectivity index (χ3v) is 3.51. The summed E-state index contributed by atoms with van der Waals surface area (Å²) < 4.78 is 0. The normalized spacial score (nSPS) is 11.5. The Morgan fingerprint density at radius 1 is 0.880 bits per heavy atom. The maximum Gasteiger partial charge on any atom is 0.163 e. The number of carbonyl (C=O) groups is 2. The number of hydrogen-bond acceptors (Lipinski definition) is 5. The summed E-state index contributed by atoms with van der Waals surface area (Å²) in [6.45, 7) is 0. The summed E-state index contributed by atoms with van der Waals surface area (Å²) in [7, 11) is 0. The summed E-state index contributed by atoms with van der Waals surface area (Å²) in [6.07, 6.45) is 5.80. The molecule has 1 heterocycles. The number of ketones is 2. The lowest BCUT2D eigenvalue weighted by molar-refractivity contribution is -0.121. The van der Waals surface area contributed by atoms with E-state index in [4.69, 9.17) is 0 Å². The van der Waals surface area contributed by atoms with Crippen LogP contribution >= 0.6 is 0 Å². The second-order valence-electron chi connectivity index (χ2n) is 5.44. The molecule has 0 atom stereocenters. The molecule has 0 amide bonds. The first-order valence-electron chi connectivity index (χ1n) is 7.61. The van der Waals surface area contributed by atoms with Crippen molar-refractivity contribution in [2.45, 2.75) is 6.42 Å². The van der Waals surface area contributed by atoms with Crippen LogP contribution in [0.3, 0.4) is 0 Å². The van der Waals surface area contributed by atoms with Crippen molar-refractivity contribution in [2.24, 2.45) is 0 Å². The fraction of sp³-hybridized carbons (Fsp3) is 0.0526. The molecule has 0 spiro atoms. The van der Waals surface area contributed by atoms with Crippen molar-refractivity contribution < 1.29 is 14.7 Å². The van der Waals surface area contributed by atoms with Gasteiger partial charge in [0.2, 0.25) is 0 Å². The van der Waals surface area contributed by atoms with Gasteiger partial charge in [0.05, 0.1) is 6.42 Å². The van der Waals surface area contributed by atoms with Gasteiger partial charge < -0.3 is 5.11 Å². The zero-order valence-corrected chi connectivity index (χ0v) is 13.2. The first kappa shape index (κ1) is 16.3. The van der Waals surface area contributed by atoms with Crippen molar-refractivity contribution in [2.75, 3.05) is 0 Å². The van der Waals surface area contributed by atoms with Gasteiger partial charge in [0.1, 0.15) is 16.8 Å². The van der Waals surface area contributed by atoms with Crippen LogP contribution in [0.25, 0.3) is 23.2 Å². The van der Waals surface area contributed by atoms with Crippen LogP contribution < -0.4 is 0 Å². The van der Waals surface area contributed by atoms with Crippen LogP contribution in [0.2, 0.25) is 0 Å². The van der Waals surface area contributed by atoms with E-state index < -0.39 is 0 Å². The number of nitrogens with zero attached hydrogens (tertiary/aromatic N) is 2. The molecule has 1 aromatic heterocycles. The number of aromatic nitrogens is 3. The Morgan fingerprint density at radius 2 is 1.48 bits per heavy atom. The molecule has 0 aliphatic heterocycles. The Labute approximate surface area is 143 Å². The minimum Gasteiger partial charge on any atom is -0.508 e. The Balaban J connectivity index is 1.57. The molecular weight excluding hydrogens is 318 g/mol. The van der Waals surface area contributed by atoms with Gasteiger partial charge in [-0.3, -0.25) is 9.59 Å². The molecule has 124 valence electrons. The van der Waals surface area contributed by atoms with E-state index in [1.54, 1.807) is 36.4 Å². The van der Waals surface area contributed by atoms with Crippen molar-refractivity contribution in [1.29, 1.82) is 0 Å². The van der Waals surface area contributed by atoms with Crippen LogP contribution in [0.5, 0.6) is 5.75 Å². The summed E-state index contributed by atoms with van der Waals surface area (Å²) in [5.74, 6) is -0.400. The first-order chi connectivity index (χ1) is 12.1. The number of aromatic amines is 1. The maximum absolute atomic E-state index is 11.9. The van der Waals surface area contributed by atoms with Crippen molar-refractivity contribution >= 4 is 34.8 Å². The van der Waals surface area contributed by atoms with Gasteiger partial charge in [0.25, 0.3) is 0 Å². The van der Waals surface area contributed by atoms with Crippen molar-refractivity contribution in [3.63, 3.8) is 0 Å². The van der Waals surface area contributed by atoms with Gasteiger partial charge in [-0.15, -0.1) is 0 Å². The molecule has 0 fully saturated rings. The van der Waals surface area contributed by atoms with Crippen molar-refractivity contribution in [3.05, 3.63) is 65.7 Å². The number of rotatable bonds is 6. The second kappa shape index (κ2) is 7.35. The monoisotopic (exact) mass is 333 g/mol. The minimum atomic E-state index is -0.283. The Hall–Kier alpha value is -3.54. The van der Waals surface area contributed by atoms with Crippen LogP contribution in [0.15, 0.2) is 54.6 Å². The van der Waals surface area contributed by atoms with Gasteiger partial charge >= 0.3 is 0 Å². The molecule has 6 heteroatoms. The zero-order valence-electron chi connectivity index (χ0n) is 13.2. The van der Waals surface area contributed by atoms with Gasteiger partial charge in [0.15, 0.2) is 11.6 Å². The van der Waals surface area contributed by atoms with E-state index >= 15 is 0 Å². The molecule has 2 aromatic carbocycles. The predicted octanol–water partition coefficient (Wildman–Crippen LogP) is 2.92. The van der Waals surface area contributed by atoms with E-state index in [1.807, 2.05) is 6.07 Å². The van der Waals surface area contributed by atoms with Crippen LogP contribution in [-0.2, 0) is 9.59 Å². The summed E-state index contributed by atoms with van der Waals surface area (Å²) in [6, 6.07) is 11.8. The molecule has 2 N–H and O–H groups in total. The van der Waals surface area contributed by atoms with Gasteiger partial charge in [-0.2, -0.15) is 15.4 Å². The zero-order chi connectivity index (χ0) is 17.6. The number of phenols is 1. The smallest absolute Gasteiger partial charge is 0.163 e. The predicted molar refractivity (Wildman–Crippen MR) is 94.7 cm³/mol. The third kappa shape index (κ3) is 4.48. The number of nitrogens with one attached hydrogen (secondary N) is 1. The Kier molecular flexibility index (Phi) is 4.80. The largest absolute Gasteiger partial charge is 0.508 e. The number of benzene rings is 2. The quantitative estimate of drug-likeness (QED) is 0.534. The number of hydrogen-bond donors (Lipinski definition) is 2. The van der Waals surface area contributed by atoms with Gasteiger partial charge in [0, 0.05) is 0 Å². The molecule has 0 unspecified atom stereocenters. The van der Waals surface area contributed by atoms with E-state index in [0.29, 0.717) is 5.52 Å². The second-order valence-corrected chi connectivity index (χ2v) is 5.44. The highest BCUT2D eigenvalue weighted by Crippen LogP contribution is 2.12. The SMILES string of the molecule is O=C(C=Cc1ccc(O)cc1)CC(=O)C=Cc1ccc2n[nH]nc2c1. The van der Waals surface area contributed by atoms with E-state index in [2.05, 4.69) is 15.4 Å². The highest BCUT2D eigenvalue weighted by Gasteiger charge is 2.04. The molecule has 3 rings (SSSR count). The number of carbonyl (C=O) groups excluding carboxylic acids is 2. The number of H-pyrrole nitrogens is 1. The van der Waals surface area contributed by atoms with Gasteiger partial charge in [-0.25, -0.2) is 0 Å². The number of aromatic hydroxyl groups is 1. The van der Waals surface area contributed by atoms with E-state index in [9.17, 15) is 14.7 Å². The molecule has 0 bridgehead atoms. The van der Waals surface area contributed by atoms with Crippen molar-refractivity contribution in [3.8, 4) is 5.75 Å². The number of phenolic OH excluding ortho intramolecular Hbond substituents is 1. The maximum atomic E-state index is 11.9. The fourth-order valence-corrected chi connectivity index (χ4v) is 2.21. The summed E-state index contributed by atoms with van der Waals surface area (Å²) in [5.41, 5.74) is 3.04. The highest BCUT2D eigenvalue weighted by molar-refractivity contribution is 6.10. The Bertz CT molecular complexity index is 969. The third-order valence-electron chi connectivity index (χ3n) is 3.51. The molecule has 0 saturated carbocycles. The van der Waals surface area contributed by atoms with Crippen LogP contribution in [0, 0.1) is 0 Å². The standard InChI is InChI=1S/C19H15N3O3/c23-15-6-1-13(2-7-15)3-8-16(24)12-17(25)9-4-14-5-10-18-19(11-14)21-22-20-18/h1-11,23H,12H2,(H,20,21,22). The molecule has 6 nitrogen and oxygen atoms in total. The average Bonchev–Trinajstić information content (AvgIpc) is 3.07. The van der Waals surface area contributed by atoms with Gasteiger partial charge in [-0.1, -0.05) is 30.4 Å². The van der Waals surface area contributed by atoms with Crippen molar-refractivity contribution in [1.82, 2.24) is 15.4 Å². The van der Waals surface area contributed by atoms with E-state index in [0.717, 1.165) is 16.6 Å². The topological polar surface area (TPSA) is 95.9 Å². The highest BCUT2D eigenvalue weighted by atomic mass is 16.3. The van der Waals surface area contributed by atoms with E-state index in [-0.39, 0.29) is 23.7 Å². The number of fused-ring (bicyclic) bond motifs is 1. The first-order valence-corrected chi connectivity index (χ1v) is 7.61. The molecule has 0 radical (unpaired) electrons. The summed E-state index contributed by atoms with van der Waals surface area (Å²) in [4.78, 5) is 23.7. The lowest BCUT2D eigenvalue weighted by Gasteiger charge is -1.95. The molecular formula is C19H15N3O3. The molecule has 25 heavy (non-hydrogen) atoms. The molecule has 0 saturated heterocycles. The molecule has 0 aliphatic carbocycles. The lowest BCUT2D eigenvalue weighted by atomic mass is 10.1. The van der Waals surface area contributed by atoms with E-state index in [1.165, 1.54) is 24.3 Å². The van der Waals surface area contributed by atoms with Crippen LogP contribution in [0.1, 0.15) is 17.5 Å². The fourth-order valence-electron chi connectivity index (χ4n) is 2.21. The number of allylic oxidation sites excluding steroid dienone is 2. The Morgan fingerprint density at radius 3 is 2.20 bits per heavy atom. The van der Waals surface area contributed by atoms with Gasteiger partial charge in [-0.05, 0) is 47.5 Å². The average molecular weight is 333 g/mol. The summed E-state index contributed by atoms with van der Waals surface area (Å²) in [5, 5.41) is 19.7. The van der Waals surface area contributed by atoms with Crippen LogP contribution in [0.4, 0.5) is 0 Å². The lowest BCUT2D eigenvalue weighted by Crippen LogP contribution is -2.01. The summed E-state index contributed by atoms with van der Waals surface area (Å²) >= 11 is 0. The van der Waals surface area contributed by atoms with Crippen LogP contribution in [-0.4, -0.2) is 32.1 Å².